The average Bonchev–Trinajstić information content (AvgIpc) is 1.99. The molecule has 0 heterocycles. The number of hydrogen-bond donors (Lipinski definition) is 0. The van der Waals surface area contributed by atoms with E-state index in [0.29, 0.717) is 4.75 Å². The van der Waals surface area contributed by atoms with Crippen LogP contribution < -0.4 is 0 Å². The molecule has 0 saturated heterocycles. The van der Waals surface area contributed by atoms with Crippen molar-refractivity contribution < 1.29 is 0 Å². The topological polar surface area (TPSA) is 0 Å². The summed E-state index contributed by atoms with van der Waals surface area (Å²) in [5, 5.41) is 1.34. The first-order valence-electron chi connectivity index (χ1n) is 4.76. The Kier molecular flexibility index (Phi) is 7.02. The van der Waals surface area contributed by atoms with E-state index in [0.717, 1.165) is 0 Å². The Balaban J connectivity index is 3.23. The molecule has 0 aromatic rings. The Morgan fingerprint density at radius 3 is 2.36 bits per heavy atom. The Bertz CT molecular complexity index is 91.6. The molecule has 11 heavy (non-hydrogen) atoms. The summed E-state index contributed by atoms with van der Waals surface area (Å²) in [6.45, 7) is 6.94. The van der Waals surface area contributed by atoms with Gasteiger partial charge in [0.25, 0.3) is 0 Å². The molecular weight excluding hydrogens is 147 g/mol. The maximum atomic E-state index is 2.34. The zero-order valence-electron chi connectivity index (χ0n) is 8.44. The molecule has 0 nitrogen and oxygen atoms in total. The molecule has 0 unspecified atom stereocenters. The van der Waals surface area contributed by atoms with Gasteiger partial charge >= 0.3 is 85.1 Å². The minimum absolute atomic E-state index is 0.508. The van der Waals surface area contributed by atoms with Gasteiger partial charge in [0.1, 0.15) is 0 Å². The molecule has 0 spiro atoms. The maximum absolute atomic E-state index is 2.34. The van der Waals surface area contributed by atoms with Gasteiger partial charge < -0.3 is 0 Å². The fourth-order valence-corrected chi connectivity index (χ4v) is 1.91. The van der Waals surface area contributed by atoms with Crippen LogP contribution in [0.1, 0.15) is 40.0 Å². The van der Waals surface area contributed by atoms with Crippen LogP contribution in [0.25, 0.3) is 0 Å². The molecule has 0 fully saturated rings. The van der Waals surface area contributed by atoms with Crippen LogP contribution in [0.5, 0.6) is 0 Å². The summed E-state index contributed by atoms with van der Waals surface area (Å²) in [5.74, 6) is 1.34. The Morgan fingerprint density at radius 2 is 1.91 bits per heavy atom. The van der Waals surface area contributed by atoms with E-state index in [1.165, 1.54) is 30.1 Å². The molecule has 0 aromatic heterocycles. The summed E-state index contributed by atoms with van der Waals surface area (Å²) in [6, 6.07) is 0. The summed E-state index contributed by atoms with van der Waals surface area (Å²) < 4.78 is 0.508. The second kappa shape index (κ2) is 6.46. The molecule has 0 bridgehead atoms. The summed E-state index contributed by atoms with van der Waals surface area (Å²) in [6.07, 6.45) is 4.07. The molecule has 0 aliphatic heterocycles. The van der Waals surface area contributed by atoms with Crippen molar-refractivity contribution >= 4 is 29.5 Å². The first-order valence-corrected chi connectivity index (χ1v) is 5.75. The van der Waals surface area contributed by atoms with E-state index in [9.17, 15) is 0 Å². The van der Waals surface area contributed by atoms with Crippen molar-refractivity contribution in [2.75, 3.05) is 5.75 Å². The van der Waals surface area contributed by atoms with E-state index in [1.54, 1.807) is 0 Å². The fourth-order valence-electron chi connectivity index (χ4n) is 0.803. The van der Waals surface area contributed by atoms with Gasteiger partial charge in [0.15, 0.2) is 0 Å². The third-order valence-corrected chi connectivity index (χ3v) is 3.66. The molecule has 0 N–H and O–H groups in total. The zero-order chi connectivity index (χ0) is 8.74. The summed E-state index contributed by atoms with van der Waals surface area (Å²) >= 11 is 4.38. The Hall–Kier alpha value is 0.947. The van der Waals surface area contributed by atoms with E-state index in [1.807, 2.05) is 0 Å². The van der Waals surface area contributed by atoms with E-state index >= 15 is 0 Å². The Labute approximate surface area is 85.1 Å². The standard InChI is InChI=1S/C9H19S.Li/c1-5-7-8-10-9(3,4)6-2;/h1,5-8H2,2-4H3;. The molecule has 0 aliphatic carbocycles. The molecule has 2 heteroatoms. The predicted octanol–water partition coefficient (Wildman–Crippen LogP) is 3.28. The van der Waals surface area contributed by atoms with Gasteiger partial charge in [-0.1, -0.05) is 0 Å². The number of rotatable bonds is 6. The molecule has 0 aromatic carbocycles. The van der Waals surface area contributed by atoms with Gasteiger partial charge in [0, 0.05) is 0 Å². The van der Waals surface area contributed by atoms with Crippen LogP contribution in [0.3, 0.4) is 0 Å². The first-order chi connectivity index (χ1) is 5.12. The molecule has 0 aliphatic rings. The summed E-state index contributed by atoms with van der Waals surface area (Å²) in [7, 11) is 0. The fraction of sp³-hybridized carbons (Fsp3) is 1.00. The van der Waals surface area contributed by atoms with Crippen LogP contribution in [0.4, 0.5) is 0 Å². The van der Waals surface area contributed by atoms with E-state index in [2.05, 4.69) is 50.2 Å². The van der Waals surface area contributed by atoms with Crippen LogP contribution in [-0.2, 0) is 0 Å². The van der Waals surface area contributed by atoms with Crippen molar-refractivity contribution in [3.05, 3.63) is 0 Å². The summed E-state index contributed by atoms with van der Waals surface area (Å²) in [4.78, 5) is 0. The van der Waals surface area contributed by atoms with Crippen molar-refractivity contribution in [1.29, 1.82) is 0 Å². The van der Waals surface area contributed by atoms with Gasteiger partial charge in [0.05, 0.1) is 0 Å². The molecule has 0 rings (SSSR count). The second-order valence-electron chi connectivity index (χ2n) is 3.67. The molecular formula is C9H19LiS. The molecule has 0 saturated carbocycles. The van der Waals surface area contributed by atoms with E-state index in [-0.39, 0.29) is 0 Å². The zero-order valence-corrected chi connectivity index (χ0v) is 9.26. The van der Waals surface area contributed by atoms with Crippen LogP contribution in [-0.4, -0.2) is 28.2 Å². The van der Waals surface area contributed by atoms with Crippen molar-refractivity contribution in [1.82, 2.24) is 0 Å². The van der Waals surface area contributed by atoms with Gasteiger partial charge in [-0.2, -0.15) is 0 Å². The molecule has 0 amide bonds. The number of hydrogen-bond acceptors (Lipinski definition) is 1. The third-order valence-electron chi connectivity index (χ3n) is 2.09. The number of thioether (sulfide) groups is 1. The van der Waals surface area contributed by atoms with Crippen molar-refractivity contribution in [3.8, 4) is 0 Å². The van der Waals surface area contributed by atoms with Crippen LogP contribution in [0.2, 0.25) is 5.09 Å². The second-order valence-corrected chi connectivity index (χ2v) is 5.47. The first kappa shape index (κ1) is 11.9. The molecule has 0 radical (unpaired) electrons. The van der Waals surface area contributed by atoms with Crippen LogP contribution in [0.15, 0.2) is 0 Å². The van der Waals surface area contributed by atoms with Crippen molar-refractivity contribution in [3.63, 3.8) is 0 Å². The normalized spacial score (nSPS) is 12.1. The quantitative estimate of drug-likeness (QED) is 0.431. The third kappa shape index (κ3) is 7.31. The predicted molar refractivity (Wildman–Crippen MR) is 56.6 cm³/mol. The Morgan fingerprint density at radius 1 is 1.27 bits per heavy atom. The molecule has 62 valence electrons. The number of unbranched alkanes of at least 4 members (excludes halogenated alkanes) is 1. The molecule has 0 atom stereocenters. The SMILES string of the molecule is [Li][CH2]CCCSC(C)(C)CC. The van der Waals surface area contributed by atoms with Gasteiger partial charge in [-0.15, -0.1) is 0 Å². The summed E-state index contributed by atoms with van der Waals surface area (Å²) in [5.41, 5.74) is 0. The van der Waals surface area contributed by atoms with Crippen LogP contribution in [0, 0.1) is 0 Å². The van der Waals surface area contributed by atoms with E-state index < -0.39 is 0 Å². The van der Waals surface area contributed by atoms with Crippen molar-refractivity contribution in [2.45, 2.75) is 49.9 Å². The van der Waals surface area contributed by atoms with Gasteiger partial charge in [0.2, 0.25) is 0 Å². The van der Waals surface area contributed by atoms with Gasteiger partial charge in [-0.05, 0) is 0 Å². The van der Waals surface area contributed by atoms with Crippen LogP contribution >= 0.6 is 11.8 Å². The average molecular weight is 166 g/mol. The minimum atomic E-state index is 0.508. The van der Waals surface area contributed by atoms with Crippen molar-refractivity contribution in [2.24, 2.45) is 0 Å². The van der Waals surface area contributed by atoms with Gasteiger partial charge in [-0.25, -0.2) is 0 Å². The van der Waals surface area contributed by atoms with E-state index in [4.69, 9.17) is 0 Å². The van der Waals surface area contributed by atoms with Gasteiger partial charge in [-0.3, -0.25) is 0 Å². The monoisotopic (exact) mass is 166 g/mol.